The minimum atomic E-state index is 0.559. The van der Waals surface area contributed by atoms with Crippen LogP contribution in [0, 0.1) is 13.8 Å². The van der Waals surface area contributed by atoms with Gasteiger partial charge in [0.15, 0.2) is 0 Å². The number of aryl methyl sites for hydroxylation is 2. The summed E-state index contributed by atoms with van der Waals surface area (Å²) in [6, 6.07) is 7.50. The van der Waals surface area contributed by atoms with Gasteiger partial charge >= 0.3 is 0 Å². The number of halogens is 1. The molecule has 0 unspecified atom stereocenters. The Balaban J connectivity index is 2.31. The lowest BCUT2D eigenvalue weighted by atomic mass is 10.2. The second-order valence-electron chi connectivity index (χ2n) is 3.93. The molecule has 1 aromatic carbocycles. The zero-order valence-corrected chi connectivity index (χ0v) is 11.3. The van der Waals surface area contributed by atoms with E-state index in [4.69, 9.17) is 10.5 Å². The lowest BCUT2D eigenvalue weighted by Crippen LogP contribution is -1.93. The summed E-state index contributed by atoms with van der Waals surface area (Å²) < 4.78 is 6.58. The van der Waals surface area contributed by atoms with Crippen molar-refractivity contribution in [3.63, 3.8) is 0 Å². The van der Waals surface area contributed by atoms with E-state index in [-0.39, 0.29) is 0 Å². The molecular formula is C13H13BrN2O. The van der Waals surface area contributed by atoms with Crippen LogP contribution in [0.15, 0.2) is 34.9 Å². The highest BCUT2D eigenvalue weighted by atomic mass is 79.9. The number of hydrogen-bond acceptors (Lipinski definition) is 3. The van der Waals surface area contributed by atoms with Crippen LogP contribution in [0.5, 0.6) is 11.6 Å². The number of hydrogen-bond donors (Lipinski definition) is 1. The molecule has 17 heavy (non-hydrogen) atoms. The fraction of sp³-hybridized carbons (Fsp3) is 0.154. The second kappa shape index (κ2) is 4.75. The lowest BCUT2D eigenvalue weighted by Gasteiger charge is -2.10. The Morgan fingerprint density at radius 1 is 1.24 bits per heavy atom. The van der Waals surface area contributed by atoms with E-state index in [1.54, 1.807) is 6.20 Å². The molecule has 2 N–H and O–H groups in total. The van der Waals surface area contributed by atoms with Gasteiger partial charge in [0.05, 0.1) is 4.47 Å². The molecule has 0 radical (unpaired) electrons. The molecule has 0 bridgehead atoms. The Morgan fingerprint density at radius 2 is 2.00 bits per heavy atom. The van der Waals surface area contributed by atoms with Crippen LogP contribution in [0.25, 0.3) is 0 Å². The topological polar surface area (TPSA) is 48.1 Å². The average molecular weight is 293 g/mol. The number of anilines is 1. The number of rotatable bonds is 2. The highest BCUT2D eigenvalue weighted by Crippen LogP contribution is 2.30. The standard InChI is InChI=1S/C13H13BrN2O/c1-8-5-11(14)13(16-7-8)17-12-4-3-10(15)6-9(12)2/h3-7H,15H2,1-2H3. The maximum absolute atomic E-state index is 5.74. The number of aromatic nitrogens is 1. The molecule has 0 spiro atoms. The van der Waals surface area contributed by atoms with Gasteiger partial charge in [0.1, 0.15) is 5.75 Å². The molecule has 4 heteroatoms. The van der Waals surface area contributed by atoms with Crippen molar-refractivity contribution in [2.45, 2.75) is 13.8 Å². The smallest absolute Gasteiger partial charge is 0.233 e. The van der Waals surface area contributed by atoms with Gasteiger partial charge in [-0.3, -0.25) is 0 Å². The van der Waals surface area contributed by atoms with E-state index in [0.717, 1.165) is 27.0 Å². The van der Waals surface area contributed by atoms with Gasteiger partial charge in [-0.05, 0) is 65.2 Å². The first-order chi connectivity index (χ1) is 8.06. The third kappa shape index (κ3) is 2.77. The first-order valence-electron chi connectivity index (χ1n) is 5.22. The summed E-state index contributed by atoms with van der Waals surface area (Å²) in [6.45, 7) is 3.93. The molecule has 1 aromatic heterocycles. The second-order valence-corrected chi connectivity index (χ2v) is 4.78. The molecule has 2 aromatic rings. The number of ether oxygens (including phenoxy) is 1. The molecule has 1 heterocycles. The zero-order chi connectivity index (χ0) is 12.4. The van der Waals surface area contributed by atoms with Crippen LogP contribution in [0.3, 0.4) is 0 Å². The Kier molecular flexibility index (Phi) is 3.33. The lowest BCUT2D eigenvalue weighted by molar-refractivity contribution is 0.456. The Bertz CT molecular complexity index is 506. The molecule has 0 aliphatic carbocycles. The number of nitrogens with two attached hydrogens (primary N) is 1. The summed E-state index contributed by atoms with van der Waals surface area (Å²) in [7, 11) is 0. The van der Waals surface area contributed by atoms with Crippen molar-refractivity contribution in [3.05, 3.63) is 46.1 Å². The Morgan fingerprint density at radius 3 is 2.65 bits per heavy atom. The predicted molar refractivity (Wildman–Crippen MR) is 72.3 cm³/mol. The molecule has 88 valence electrons. The van der Waals surface area contributed by atoms with E-state index >= 15 is 0 Å². The summed E-state index contributed by atoms with van der Waals surface area (Å²) in [5.41, 5.74) is 8.48. The van der Waals surface area contributed by atoms with Crippen LogP contribution >= 0.6 is 15.9 Å². The summed E-state index contributed by atoms with van der Waals surface area (Å²) >= 11 is 3.43. The molecule has 0 saturated carbocycles. The van der Waals surface area contributed by atoms with E-state index in [1.165, 1.54) is 0 Å². The maximum Gasteiger partial charge on any atom is 0.233 e. The molecule has 0 fully saturated rings. The van der Waals surface area contributed by atoms with Crippen molar-refractivity contribution in [3.8, 4) is 11.6 Å². The highest BCUT2D eigenvalue weighted by Gasteiger charge is 2.06. The fourth-order valence-electron chi connectivity index (χ4n) is 1.49. The molecule has 0 aliphatic rings. The summed E-state index contributed by atoms with van der Waals surface area (Å²) in [5.74, 6) is 1.32. The fourth-order valence-corrected chi connectivity index (χ4v) is 2.03. The van der Waals surface area contributed by atoms with Crippen molar-refractivity contribution < 1.29 is 4.74 Å². The minimum Gasteiger partial charge on any atom is -0.438 e. The van der Waals surface area contributed by atoms with Gasteiger partial charge in [-0.1, -0.05) is 0 Å². The quantitative estimate of drug-likeness (QED) is 0.856. The van der Waals surface area contributed by atoms with Gasteiger partial charge in [-0.25, -0.2) is 4.98 Å². The molecule has 2 rings (SSSR count). The minimum absolute atomic E-state index is 0.559. The number of benzene rings is 1. The number of nitrogen functional groups attached to an aromatic ring is 1. The van der Waals surface area contributed by atoms with Crippen LogP contribution in [0.4, 0.5) is 5.69 Å². The summed E-state index contributed by atoms with van der Waals surface area (Å²) in [5, 5.41) is 0. The third-order valence-corrected chi connectivity index (χ3v) is 2.92. The van der Waals surface area contributed by atoms with E-state index in [0.29, 0.717) is 5.88 Å². The van der Waals surface area contributed by atoms with E-state index in [2.05, 4.69) is 20.9 Å². The van der Waals surface area contributed by atoms with Crippen molar-refractivity contribution in [1.29, 1.82) is 0 Å². The van der Waals surface area contributed by atoms with E-state index in [9.17, 15) is 0 Å². The highest BCUT2D eigenvalue weighted by molar-refractivity contribution is 9.10. The Hall–Kier alpha value is -1.55. The van der Waals surface area contributed by atoms with Gasteiger partial charge in [-0.15, -0.1) is 0 Å². The van der Waals surface area contributed by atoms with Crippen LogP contribution in [-0.2, 0) is 0 Å². The first-order valence-corrected chi connectivity index (χ1v) is 6.01. The van der Waals surface area contributed by atoms with Crippen molar-refractivity contribution >= 4 is 21.6 Å². The average Bonchev–Trinajstić information content (AvgIpc) is 2.25. The molecule has 0 atom stereocenters. The van der Waals surface area contributed by atoms with E-state index in [1.807, 2.05) is 38.1 Å². The van der Waals surface area contributed by atoms with Crippen molar-refractivity contribution in [1.82, 2.24) is 4.98 Å². The number of pyridine rings is 1. The van der Waals surface area contributed by atoms with Crippen LogP contribution in [0.1, 0.15) is 11.1 Å². The summed E-state index contributed by atoms with van der Waals surface area (Å²) in [4.78, 5) is 4.24. The normalized spacial score (nSPS) is 10.3. The third-order valence-electron chi connectivity index (χ3n) is 2.35. The van der Waals surface area contributed by atoms with Gasteiger partial charge in [-0.2, -0.15) is 0 Å². The molecule has 0 saturated heterocycles. The van der Waals surface area contributed by atoms with Crippen LogP contribution in [0.2, 0.25) is 0 Å². The monoisotopic (exact) mass is 292 g/mol. The van der Waals surface area contributed by atoms with Gasteiger partial charge < -0.3 is 10.5 Å². The van der Waals surface area contributed by atoms with Crippen molar-refractivity contribution in [2.24, 2.45) is 0 Å². The summed E-state index contributed by atoms with van der Waals surface area (Å²) in [6.07, 6.45) is 1.77. The van der Waals surface area contributed by atoms with Crippen LogP contribution < -0.4 is 10.5 Å². The van der Waals surface area contributed by atoms with Gasteiger partial charge in [0.25, 0.3) is 0 Å². The molecule has 0 aliphatic heterocycles. The molecule has 3 nitrogen and oxygen atoms in total. The SMILES string of the molecule is Cc1cnc(Oc2ccc(N)cc2C)c(Br)c1. The molecule has 0 amide bonds. The Labute approximate surface area is 109 Å². The van der Waals surface area contributed by atoms with Crippen molar-refractivity contribution in [2.75, 3.05) is 5.73 Å². The van der Waals surface area contributed by atoms with Crippen LogP contribution in [-0.4, -0.2) is 4.98 Å². The zero-order valence-electron chi connectivity index (χ0n) is 9.70. The van der Waals surface area contributed by atoms with Gasteiger partial charge in [0.2, 0.25) is 5.88 Å². The van der Waals surface area contributed by atoms with Gasteiger partial charge in [0, 0.05) is 11.9 Å². The first kappa shape index (κ1) is 11.9. The molecular weight excluding hydrogens is 280 g/mol. The number of nitrogens with zero attached hydrogens (tertiary/aromatic N) is 1. The maximum atomic E-state index is 5.74. The van der Waals surface area contributed by atoms with E-state index < -0.39 is 0 Å². The largest absolute Gasteiger partial charge is 0.438 e. The predicted octanol–water partition coefficient (Wildman–Crippen LogP) is 3.84.